The molecule has 0 fully saturated rings. The number of hydrogen-bond acceptors (Lipinski definition) is 4. The van der Waals surface area contributed by atoms with Crippen LogP contribution in [0.4, 0.5) is 19.1 Å². The summed E-state index contributed by atoms with van der Waals surface area (Å²) in [5.74, 6) is -1.00. The third kappa shape index (κ3) is 4.22. The molecule has 0 aliphatic carbocycles. The van der Waals surface area contributed by atoms with E-state index in [0.717, 1.165) is 10.2 Å². The van der Waals surface area contributed by atoms with Crippen molar-refractivity contribution in [1.82, 2.24) is 24.5 Å². The fraction of sp³-hybridized carbons (Fsp3) is 0.200. The normalized spacial score (nSPS) is 11.6. The molecule has 12 heteroatoms. The first-order chi connectivity index (χ1) is 12.6. The summed E-state index contributed by atoms with van der Waals surface area (Å²) in [6.45, 7) is 0.341. The Balaban J connectivity index is 1.76. The van der Waals surface area contributed by atoms with Crippen LogP contribution in [0.1, 0.15) is 21.7 Å². The Morgan fingerprint density at radius 2 is 2.00 bits per heavy atom. The fourth-order valence-electron chi connectivity index (χ4n) is 2.34. The summed E-state index contributed by atoms with van der Waals surface area (Å²) in [6.07, 6.45) is -3.41. The van der Waals surface area contributed by atoms with Crippen molar-refractivity contribution in [2.45, 2.75) is 12.7 Å². The summed E-state index contributed by atoms with van der Waals surface area (Å²) in [4.78, 5) is 16.2. The number of amides is 1. The van der Waals surface area contributed by atoms with Crippen molar-refractivity contribution in [2.24, 2.45) is 7.05 Å². The van der Waals surface area contributed by atoms with E-state index in [2.05, 4.69) is 20.5 Å². The molecule has 2 heterocycles. The Kier molecular flexibility index (Phi) is 5.11. The molecule has 0 radical (unpaired) electrons. The maximum Gasteiger partial charge on any atom is 0.436 e. The predicted octanol–water partition coefficient (Wildman–Crippen LogP) is 3.64. The van der Waals surface area contributed by atoms with Crippen LogP contribution in [0.5, 0.6) is 0 Å². The molecule has 3 rings (SSSR count). The molecule has 0 saturated heterocycles. The van der Waals surface area contributed by atoms with E-state index in [-0.39, 0.29) is 5.95 Å². The largest absolute Gasteiger partial charge is 0.436 e. The Labute approximate surface area is 160 Å². The lowest BCUT2D eigenvalue weighted by Crippen LogP contribution is -2.17. The molecule has 0 unspecified atom stereocenters. The van der Waals surface area contributed by atoms with Gasteiger partial charge in [0, 0.05) is 12.1 Å². The van der Waals surface area contributed by atoms with E-state index in [1.165, 1.54) is 18.1 Å². The van der Waals surface area contributed by atoms with Crippen LogP contribution >= 0.6 is 23.2 Å². The lowest BCUT2D eigenvalue weighted by molar-refractivity contribution is -0.141. The summed E-state index contributed by atoms with van der Waals surface area (Å²) < 4.78 is 40.7. The van der Waals surface area contributed by atoms with Crippen molar-refractivity contribution in [1.29, 1.82) is 0 Å². The Hall–Kier alpha value is -2.59. The lowest BCUT2D eigenvalue weighted by Gasteiger charge is -2.03. The van der Waals surface area contributed by atoms with Crippen LogP contribution in [0.2, 0.25) is 10.0 Å². The molecule has 1 aromatic carbocycles. The lowest BCUT2D eigenvalue weighted by atomic mass is 10.2. The average Bonchev–Trinajstić information content (AvgIpc) is 3.10. The minimum atomic E-state index is -4.77. The molecule has 0 bridgehead atoms. The summed E-state index contributed by atoms with van der Waals surface area (Å²) in [5.41, 5.74) is -0.929. The zero-order chi connectivity index (χ0) is 19.8. The summed E-state index contributed by atoms with van der Waals surface area (Å²) in [7, 11) is 1.18. The topological polar surface area (TPSA) is 77.6 Å². The van der Waals surface area contributed by atoms with E-state index in [1.54, 1.807) is 18.2 Å². The highest BCUT2D eigenvalue weighted by Gasteiger charge is 2.39. The minimum absolute atomic E-state index is 0.0900. The molecule has 0 aliphatic rings. The first kappa shape index (κ1) is 19.2. The van der Waals surface area contributed by atoms with Crippen LogP contribution in [0, 0.1) is 0 Å². The van der Waals surface area contributed by atoms with Gasteiger partial charge < -0.3 is 0 Å². The van der Waals surface area contributed by atoms with Crippen LogP contribution in [0.15, 0.2) is 30.6 Å². The Bertz CT molecular complexity index is 998. The van der Waals surface area contributed by atoms with Gasteiger partial charge in [-0.25, -0.2) is 9.67 Å². The monoisotopic (exact) mass is 418 g/mol. The van der Waals surface area contributed by atoms with E-state index in [9.17, 15) is 18.0 Å². The van der Waals surface area contributed by atoms with E-state index < -0.39 is 28.5 Å². The van der Waals surface area contributed by atoms with Gasteiger partial charge in [-0.3, -0.25) is 14.8 Å². The van der Waals surface area contributed by atoms with Gasteiger partial charge >= 0.3 is 6.18 Å². The number of hydrogen-bond donors (Lipinski definition) is 1. The van der Waals surface area contributed by atoms with E-state index in [1.807, 2.05) is 6.07 Å². The number of nitrogens with one attached hydrogen (secondary N) is 1. The predicted molar refractivity (Wildman–Crippen MR) is 91.7 cm³/mol. The highest BCUT2D eigenvalue weighted by Crippen LogP contribution is 2.35. The maximum atomic E-state index is 12.8. The van der Waals surface area contributed by atoms with Crippen molar-refractivity contribution >= 4 is 35.1 Å². The second-order valence-electron chi connectivity index (χ2n) is 5.48. The minimum Gasteiger partial charge on any atom is -0.288 e. The highest BCUT2D eigenvalue weighted by molar-refractivity contribution is 6.34. The number of carbonyl (C=O) groups is 1. The second-order valence-corrected chi connectivity index (χ2v) is 6.30. The number of aromatic nitrogens is 5. The number of benzene rings is 1. The summed E-state index contributed by atoms with van der Waals surface area (Å²) in [6, 6.07) is 7.08. The van der Waals surface area contributed by atoms with E-state index >= 15 is 0 Å². The summed E-state index contributed by atoms with van der Waals surface area (Å²) >= 11 is 11.6. The highest BCUT2D eigenvalue weighted by atomic mass is 35.5. The van der Waals surface area contributed by atoms with Gasteiger partial charge in [0.25, 0.3) is 5.91 Å². The molecule has 27 heavy (non-hydrogen) atoms. The average molecular weight is 419 g/mol. The van der Waals surface area contributed by atoms with E-state index in [0.29, 0.717) is 11.6 Å². The molecule has 2 aromatic heterocycles. The third-order valence-corrected chi connectivity index (χ3v) is 4.06. The molecule has 142 valence electrons. The van der Waals surface area contributed by atoms with Crippen LogP contribution in [-0.4, -0.2) is 30.5 Å². The molecule has 1 amide bonds. The second kappa shape index (κ2) is 7.20. The smallest absolute Gasteiger partial charge is 0.288 e. The molecule has 0 saturated carbocycles. The van der Waals surface area contributed by atoms with Crippen molar-refractivity contribution in [2.75, 3.05) is 5.32 Å². The molecule has 1 N–H and O–H groups in total. The van der Waals surface area contributed by atoms with Crippen molar-refractivity contribution in [3.05, 3.63) is 57.6 Å². The molecule has 0 aliphatic heterocycles. The maximum absolute atomic E-state index is 12.8. The number of anilines is 1. The van der Waals surface area contributed by atoms with E-state index in [4.69, 9.17) is 23.2 Å². The quantitative estimate of drug-likeness (QED) is 0.701. The van der Waals surface area contributed by atoms with Gasteiger partial charge in [0.05, 0.1) is 6.54 Å². The van der Waals surface area contributed by atoms with Crippen LogP contribution in [-0.2, 0) is 19.8 Å². The van der Waals surface area contributed by atoms with Crippen LogP contribution < -0.4 is 5.32 Å². The molecule has 3 aromatic rings. The SMILES string of the molecule is Cn1nc(C(F)(F)F)c(Cl)c1C(=O)Nc1ncn(Cc2cccc(Cl)c2)n1. The molecule has 0 atom stereocenters. The van der Waals surface area contributed by atoms with Crippen molar-refractivity contribution in [3.63, 3.8) is 0 Å². The van der Waals surface area contributed by atoms with Gasteiger partial charge in [-0.1, -0.05) is 35.3 Å². The van der Waals surface area contributed by atoms with Gasteiger partial charge in [0.1, 0.15) is 17.0 Å². The van der Waals surface area contributed by atoms with Crippen molar-refractivity contribution in [3.8, 4) is 0 Å². The van der Waals surface area contributed by atoms with Crippen molar-refractivity contribution < 1.29 is 18.0 Å². The van der Waals surface area contributed by atoms with Gasteiger partial charge in [-0.05, 0) is 17.7 Å². The number of carbonyl (C=O) groups excluding carboxylic acids is 1. The van der Waals surface area contributed by atoms with Crippen LogP contribution in [0.25, 0.3) is 0 Å². The number of alkyl halides is 3. The molecule has 7 nitrogen and oxygen atoms in total. The number of aryl methyl sites for hydroxylation is 1. The zero-order valence-electron chi connectivity index (χ0n) is 13.6. The molecular weight excluding hydrogens is 408 g/mol. The Morgan fingerprint density at radius 1 is 1.26 bits per heavy atom. The Morgan fingerprint density at radius 3 is 2.63 bits per heavy atom. The number of nitrogens with zero attached hydrogens (tertiary/aromatic N) is 5. The molecular formula is C15H11Cl2F3N6O. The number of halogens is 5. The first-order valence-electron chi connectivity index (χ1n) is 7.40. The van der Waals surface area contributed by atoms with Gasteiger partial charge in [-0.15, -0.1) is 5.10 Å². The van der Waals surface area contributed by atoms with Gasteiger partial charge in [-0.2, -0.15) is 18.3 Å². The third-order valence-electron chi connectivity index (χ3n) is 3.47. The fourth-order valence-corrected chi connectivity index (χ4v) is 2.90. The number of rotatable bonds is 4. The standard InChI is InChI=1S/C15H11Cl2F3N6O/c1-25-11(10(17)12(23-25)15(18,19)20)13(27)22-14-21-7-26(24-14)6-8-3-2-4-9(16)5-8/h2-5,7H,6H2,1H3,(H,22,24,27). The van der Waals surface area contributed by atoms with Gasteiger partial charge in [0.2, 0.25) is 5.95 Å². The van der Waals surface area contributed by atoms with Gasteiger partial charge in [0.15, 0.2) is 5.69 Å². The summed E-state index contributed by atoms with van der Waals surface area (Å²) in [5, 5.41) is 9.38. The zero-order valence-corrected chi connectivity index (χ0v) is 15.1. The molecule has 0 spiro atoms. The first-order valence-corrected chi connectivity index (χ1v) is 8.15. The van der Waals surface area contributed by atoms with Crippen LogP contribution in [0.3, 0.4) is 0 Å².